The molecule has 2 aliphatic heterocycles. The summed E-state index contributed by atoms with van der Waals surface area (Å²) >= 11 is 0. The van der Waals surface area contributed by atoms with Gasteiger partial charge in [-0.1, -0.05) is 18.2 Å². The zero-order chi connectivity index (χ0) is 17.1. The molecule has 0 fully saturated rings. The lowest BCUT2D eigenvalue weighted by Crippen LogP contribution is -2.37. The molecule has 6 heteroatoms. The van der Waals surface area contributed by atoms with Crippen molar-refractivity contribution in [3.8, 4) is 0 Å². The maximum absolute atomic E-state index is 12.1. The fourth-order valence-electron chi connectivity index (χ4n) is 2.77. The van der Waals surface area contributed by atoms with E-state index < -0.39 is 0 Å². The van der Waals surface area contributed by atoms with Crippen molar-refractivity contribution in [1.82, 2.24) is 4.90 Å². The molecular weight excluding hydrogens is 306 g/mol. The topological polar surface area (TPSA) is 71.0 Å². The number of hydrogen-bond donors (Lipinski definition) is 1. The molecule has 1 atom stereocenters. The van der Waals surface area contributed by atoms with Crippen LogP contribution >= 0.6 is 0 Å². The maximum atomic E-state index is 12.1. The number of carbonyl (C=O) groups excluding carboxylic acids is 2. The number of nitrogens with zero attached hydrogens (tertiary/aromatic N) is 2. The standard InChI is InChI=1S/C18H19N3O3/c1-21-11-15(14-7-9-19-17(14)18(21)23)12-3-5-13(6-4-12)20-16(22)8-10-24-2/h3-7,9,11,14H,8,10H2,1-2H3,(H,20,22). The van der Waals surface area contributed by atoms with Gasteiger partial charge in [-0.3, -0.25) is 14.6 Å². The van der Waals surface area contributed by atoms with Crippen molar-refractivity contribution in [1.29, 1.82) is 0 Å². The lowest BCUT2D eigenvalue weighted by Gasteiger charge is -2.26. The van der Waals surface area contributed by atoms with Gasteiger partial charge < -0.3 is 15.0 Å². The van der Waals surface area contributed by atoms with Gasteiger partial charge in [0, 0.05) is 32.2 Å². The summed E-state index contributed by atoms with van der Waals surface area (Å²) in [6.45, 7) is 0.396. The lowest BCUT2D eigenvalue weighted by molar-refractivity contribution is -0.121. The van der Waals surface area contributed by atoms with Crippen LogP contribution in [0, 0.1) is 5.92 Å². The number of nitrogens with one attached hydrogen (secondary N) is 1. The average Bonchev–Trinajstić information content (AvgIpc) is 3.07. The van der Waals surface area contributed by atoms with E-state index in [-0.39, 0.29) is 17.7 Å². The Balaban J connectivity index is 1.77. The van der Waals surface area contributed by atoms with Crippen LogP contribution in [0.15, 0.2) is 47.7 Å². The van der Waals surface area contributed by atoms with Crippen molar-refractivity contribution in [2.24, 2.45) is 10.9 Å². The maximum Gasteiger partial charge on any atom is 0.272 e. The summed E-state index contributed by atoms with van der Waals surface area (Å²) in [5.41, 5.74) is 3.29. The molecule has 0 spiro atoms. The monoisotopic (exact) mass is 325 g/mol. The van der Waals surface area contributed by atoms with Crippen LogP contribution in [0.5, 0.6) is 0 Å². The summed E-state index contributed by atoms with van der Waals surface area (Å²) in [6.07, 6.45) is 5.76. The molecular formula is C18H19N3O3. The second-order valence-corrected chi connectivity index (χ2v) is 5.70. The Morgan fingerprint density at radius 3 is 2.79 bits per heavy atom. The second kappa shape index (κ2) is 6.80. The first-order valence-electron chi connectivity index (χ1n) is 7.72. The summed E-state index contributed by atoms with van der Waals surface area (Å²) in [5.74, 6) is -0.258. The minimum atomic E-state index is -0.101. The Morgan fingerprint density at radius 1 is 1.33 bits per heavy atom. The highest BCUT2D eigenvalue weighted by Crippen LogP contribution is 2.33. The second-order valence-electron chi connectivity index (χ2n) is 5.70. The predicted molar refractivity (Wildman–Crippen MR) is 92.4 cm³/mol. The van der Waals surface area contributed by atoms with Crippen molar-refractivity contribution in [3.63, 3.8) is 0 Å². The van der Waals surface area contributed by atoms with E-state index in [1.807, 2.05) is 36.5 Å². The first-order chi connectivity index (χ1) is 11.6. The van der Waals surface area contributed by atoms with E-state index >= 15 is 0 Å². The molecule has 2 amide bonds. The van der Waals surface area contributed by atoms with Gasteiger partial charge in [-0.2, -0.15) is 0 Å². The number of fused-ring (bicyclic) bond motifs is 1. The summed E-state index contributed by atoms with van der Waals surface area (Å²) < 4.78 is 4.89. The normalized spacial score (nSPS) is 19.0. The Kier molecular flexibility index (Phi) is 4.57. The van der Waals surface area contributed by atoms with Gasteiger partial charge in [-0.05, 0) is 23.3 Å². The molecule has 1 aromatic carbocycles. The molecule has 0 saturated heterocycles. The van der Waals surface area contributed by atoms with Crippen molar-refractivity contribution < 1.29 is 14.3 Å². The molecule has 0 saturated carbocycles. The van der Waals surface area contributed by atoms with Crippen LogP contribution in [0.4, 0.5) is 5.69 Å². The smallest absolute Gasteiger partial charge is 0.272 e. The van der Waals surface area contributed by atoms with Crippen molar-refractivity contribution >= 4 is 28.8 Å². The molecule has 24 heavy (non-hydrogen) atoms. The summed E-state index contributed by atoms with van der Waals surface area (Å²) in [4.78, 5) is 29.6. The van der Waals surface area contributed by atoms with E-state index in [4.69, 9.17) is 4.74 Å². The molecule has 124 valence electrons. The van der Waals surface area contributed by atoms with E-state index in [9.17, 15) is 9.59 Å². The molecule has 0 bridgehead atoms. The van der Waals surface area contributed by atoms with Crippen molar-refractivity contribution in [2.45, 2.75) is 6.42 Å². The van der Waals surface area contributed by atoms with Gasteiger partial charge in [0.2, 0.25) is 5.91 Å². The fraction of sp³-hybridized carbons (Fsp3) is 0.278. The number of aliphatic imine (C=N–C) groups is 1. The van der Waals surface area contributed by atoms with Crippen molar-refractivity contribution in [2.75, 3.05) is 26.1 Å². The number of rotatable bonds is 5. The zero-order valence-electron chi connectivity index (χ0n) is 13.7. The van der Waals surface area contributed by atoms with Gasteiger partial charge in [0.05, 0.1) is 18.9 Å². The molecule has 2 aliphatic rings. The zero-order valence-corrected chi connectivity index (χ0v) is 13.7. The fourth-order valence-corrected chi connectivity index (χ4v) is 2.77. The number of carbonyl (C=O) groups is 2. The predicted octanol–water partition coefficient (Wildman–Crippen LogP) is 2.06. The largest absolute Gasteiger partial charge is 0.384 e. The Hall–Kier alpha value is -2.73. The number of allylic oxidation sites excluding steroid dienone is 2. The molecule has 0 radical (unpaired) electrons. The van der Waals surface area contributed by atoms with Gasteiger partial charge in [-0.15, -0.1) is 0 Å². The molecule has 1 unspecified atom stereocenters. The van der Waals surface area contributed by atoms with E-state index in [2.05, 4.69) is 10.3 Å². The molecule has 1 N–H and O–H groups in total. The highest BCUT2D eigenvalue weighted by Gasteiger charge is 2.33. The molecule has 0 aliphatic carbocycles. The van der Waals surface area contributed by atoms with Gasteiger partial charge in [0.1, 0.15) is 5.71 Å². The van der Waals surface area contributed by atoms with Crippen LogP contribution in [-0.2, 0) is 14.3 Å². The number of methoxy groups -OCH3 is 1. The third-order valence-electron chi connectivity index (χ3n) is 4.03. The van der Waals surface area contributed by atoms with Crippen LogP contribution in [-0.4, -0.2) is 43.2 Å². The van der Waals surface area contributed by atoms with Crippen molar-refractivity contribution in [3.05, 3.63) is 48.3 Å². The number of anilines is 1. The van der Waals surface area contributed by atoms with Crippen LogP contribution in [0.3, 0.4) is 0 Å². The minimum Gasteiger partial charge on any atom is -0.384 e. The SMILES string of the molecule is COCCC(=O)Nc1ccc(C2=CN(C)C(=O)C3=NC=CC23)cc1. The lowest BCUT2D eigenvalue weighted by atomic mass is 9.87. The minimum absolute atomic E-state index is 0.0734. The number of hydrogen-bond acceptors (Lipinski definition) is 4. The first kappa shape index (κ1) is 16.1. The van der Waals surface area contributed by atoms with Gasteiger partial charge in [-0.25, -0.2) is 0 Å². The van der Waals surface area contributed by atoms with E-state index in [0.717, 1.165) is 16.8 Å². The average molecular weight is 325 g/mol. The van der Waals surface area contributed by atoms with E-state index in [0.29, 0.717) is 18.7 Å². The Morgan fingerprint density at radius 2 is 2.08 bits per heavy atom. The molecule has 1 aromatic rings. The van der Waals surface area contributed by atoms with E-state index in [1.165, 1.54) is 0 Å². The first-order valence-corrected chi connectivity index (χ1v) is 7.72. The number of amides is 2. The molecule has 6 nitrogen and oxygen atoms in total. The van der Waals surface area contributed by atoms with Crippen LogP contribution < -0.4 is 5.32 Å². The van der Waals surface area contributed by atoms with Crippen LogP contribution in [0.25, 0.3) is 5.57 Å². The van der Waals surface area contributed by atoms with Gasteiger partial charge in [0.15, 0.2) is 0 Å². The Bertz CT molecular complexity index is 747. The molecule has 0 aromatic heterocycles. The summed E-state index contributed by atoms with van der Waals surface area (Å²) in [5, 5.41) is 2.83. The summed E-state index contributed by atoms with van der Waals surface area (Å²) in [7, 11) is 3.29. The van der Waals surface area contributed by atoms with Gasteiger partial charge >= 0.3 is 0 Å². The molecule has 3 rings (SSSR count). The number of benzene rings is 1. The third-order valence-corrected chi connectivity index (χ3v) is 4.03. The summed E-state index contributed by atoms with van der Waals surface area (Å²) in [6, 6.07) is 7.58. The third kappa shape index (κ3) is 3.14. The number of ether oxygens (including phenoxy) is 1. The molecule has 2 heterocycles. The highest BCUT2D eigenvalue weighted by molar-refractivity contribution is 6.44. The highest BCUT2D eigenvalue weighted by atomic mass is 16.5. The van der Waals surface area contributed by atoms with E-state index in [1.54, 1.807) is 25.3 Å². The van der Waals surface area contributed by atoms with Gasteiger partial charge in [0.25, 0.3) is 5.91 Å². The van der Waals surface area contributed by atoms with Crippen LogP contribution in [0.2, 0.25) is 0 Å². The van der Waals surface area contributed by atoms with Crippen LogP contribution in [0.1, 0.15) is 12.0 Å². The Labute approximate surface area is 140 Å². The quantitative estimate of drug-likeness (QED) is 0.901.